The molecule has 3 N–H and O–H groups in total. The highest BCUT2D eigenvalue weighted by Crippen LogP contribution is 2.25. The molecule has 0 saturated carbocycles. The van der Waals surface area contributed by atoms with Crippen LogP contribution in [-0.4, -0.2) is 30.9 Å². The first kappa shape index (κ1) is 15.1. The third kappa shape index (κ3) is 3.62. The summed E-state index contributed by atoms with van der Waals surface area (Å²) in [4.78, 5) is 23.1. The number of hydrogen-bond donors (Lipinski definition) is 3. The van der Waals surface area contributed by atoms with Gasteiger partial charge in [-0.05, 0) is 24.6 Å². The molecule has 1 saturated heterocycles. The minimum atomic E-state index is -0.419. The van der Waals surface area contributed by atoms with E-state index >= 15 is 0 Å². The van der Waals surface area contributed by atoms with Crippen LogP contribution in [0.3, 0.4) is 0 Å². The smallest absolute Gasteiger partial charge is 0.239 e. The summed E-state index contributed by atoms with van der Waals surface area (Å²) in [5.41, 5.74) is 0.868. The highest BCUT2D eigenvalue weighted by atomic mass is 35.5. The zero-order chi connectivity index (χ0) is 14.7. The van der Waals surface area contributed by atoms with Crippen molar-refractivity contribution in [1.82, 2.24) is 16.0 Å². The lowest BCUT2D eigenvalue weighted by Gasteiger charge is -2.25. The molecule has 0 spiro atoms. The standard InChI is InChI=1S/C13H15Cl2N3O2/c1-7(8-2-3-9(14)10(15)4-8)18-13(20)11-5-17-12(19)6-16-11/h2-4,7,11,16H,5-6H2,1H3,(H,17,19)(H,18,20). The fraction of sp³-hybridized carbons (Fsp3) is 0.385. The highest BCUT2D eigenvalue weighted by molar-refractivity contribution is 6.42. The van der Waals surface area contributed by atoms with Gasteiger partial charge in [0.15, 0.2) is 0 Å². The van der Waals surface area contributed by atoms with Crippen LogP contribution >= 0.6 is 23.2 Å². The zero-order valence-corrected chi connectivity index (χ0v) is 12.4. The molecule has 7 heteroatoms. The maximum atomic E-state index is 12.1. The van der Waals surface area contributed by atoms with Crippen LogP contribution in [0.5, 0.6) is 0 Å². The monoisotopic (exact) mass is 315 g/mol. The van der Waals surface area contributed by atoms with Gasteiger partial charge in [-0.3, -0.25) is 14.9 Å². The lowest BCUT2D eigenvalue weighted by molar-refractivity contribution is -0.127. The number of piperazine rings is 1. The Balaban J connectivity index is 1.96. The maximum Gasteiger partial charge on any atom is 0.239 e. The zero-order valence-electron chi connectivity index (χ0n) is 10.9. The molecule has 0 aliphatic carbocycles. The minimum Gasteiger partial charge on any atom is -0.353 e. The van der Waals surface area contributed by atoms with Crippen molar-refractivity contribution in [2.45, 2.75) is 19.0 Å². The van der Waals surface area contributed by atoms with Crippen molar-refractivity contribution in [3.63, 3.8) is 0 Å². The largest absolute Gasteiger partial charge is 0.353 e. The van der Waals surface area contributed by atoms with E-state index in [1.807, 2.05) is 13.0 Å². The predicted octanol–water partition coefficient (Wildman–Crippen LogP) is 1.26. The normalized spacial score (nSPS) is 20.1. The van der Waals surface area contributed by atoms with Crippen molar-refractivity contribution in [3.05, 3.63) is 33.8 Å². The number of carbonyl (C=O) groups excluding carboxylic acids is 2. The fourth-order valence-electron chi connectivity index (χ4n) is 1.93. The quantitative estimate of drug-likeness (QED) is 0.786. The number of benzene rings is 1. The Hall–Kier alpha value is -1.30. The van der Waals surface area contributed by atoms with Crippen LogP contribution in [0.4, 0.5) is 0 Å². The van der Waals surface area contributed by atoms with Crippen molar-refractivity contribution in [2.75, 3.05) is 13.1 Å². The molecular formula is C13H15Cl2N3O2. The lowest BCUT2D eigenvalue weighted by atomic mass is 10.1. The molecule has 0 radical (unpaired) electrons. The number of hydrogen-bond acceptors (Lipinski definition) is 3. The van der Waals surface area contributed by atoms with Gasteiger partial charge in [-0.1, -0.05) is 29.3 Å². The summed E-state index contributed by atoms with van der Waals surface area (Å²) >= 11 is 11.8. The van der Waals surface area contributed by atoms with E-state index in [0.29, 0.717) is 16.6 Å². The van der Waals surface area contributed by atoms with E-state index in [1.165, 1.54) is 0 Å². The molecule has 1 aliphatic heterocycles. The van der Waals surface area contributed by atoms with Gasteiger partial charge in [-0.2, -0.15) is 0 Å². The van der Waals surface area contributed by atoms with Crippen LogP contribution in [0.25, 0.3) is 0 Å². The van der Waals surface area contributed by atoms with Crippen LogP contribution in [0.1, 0.15) is 18.5 Å². The third-order valence-corrected chi connectivity index (χ3v) is 3.87. The Labute approximate surface area is 127 Å². The average molecular weight is 316 g/mol. The molecule has 1 heterocycles. The van der Waals surface area contributed by atoms with Gasteiger partial charge in [0.25, 0.3) is 0 Å². The second-order valence-corrected chi connectivity index (χ2v) is 5.46. The molecule has 2 atom stereocenters. The Bertz CT molecular complexity index is 526. The summed E-state index contributed by atoms with van der Waals surface area (Å²) < 4.78 is 0. The summed E-state index contributed by atoms with van der Waals surface area (Å²) in [6.07, 6.45) is 0. The molecule has 2 amide bonds. The van der Waals surface area contributed by atoms with Crippen LogP contribution in [-0.2, 0) is 9.59 Å². The number of halogens is 2. The van der Waals surface area contributed by atoms with Crippen molar-refractivity contribution < 1.29 is 9.59 Å². The predicted molar refractivity (Wildman–Crippen MR) is 77.8 cm³/mol. The van der Waals surface area contributed by atoms with Crippen molar-refractivity contribution in [2.24, 2.45) is 0 Å². The Morgan fingerprint density at radius 1 is 1.40 bits per heavy atom. The topological polar surface area (TPSA) is 70.2 Å². The number of carbonyl (C=O) groups is 2. The molecule has 5 nitrogen and oxygen atoms in total. The highest BCUT2D eigenvalue weighted by Gasteiger charge is 2.24. The van der Waals surface area contributed by atoms with Gasteiger partial charge in [0.05, 0.1) is 22.6 Å². The Kier molecular flexibility index (Phi) is 4.86. The third-order valence-electron chi connectivity index (χ3n) is 3.13. The Morgan fingerprint density at radius 3 is 2.75 bits per heavy atom. The van der Waals surface area contributed by atoms with Gasteiger partial charge in [0.1, 0.15) is 6.04 Å². The summed E-state index contributed by atoms with van der Waals surface area (Å²) in [5, 5.41) is 9.32. The van der Waals surface area contributed by atoms with E-state index in [0.717, 1.165) is 5.56 Å². The first-order chi connectivity index (χ1) is 9.47. The number of amides is 2. The first-order valence-corrected chi connectivity index (χ1v) is 6.98. The van der Waals surface area contributed by atoms with Crippen LogP contribution < -0.4 is 16.0 Å². The average Bonchev–Trinajstić information content (AvgIpc) is 2.42. The molecule has 1 fully saturated rings. The molecule has 0 bridgehead atoms. The molecule has 20 heavy (non-hydrogen) atoms. The molecule has 1 aliphatic rings. The number of rotatable bonds is 3. The first-order valence-electron chi connectivity index (χ1n) is 6.23. The molecule has 1 aromatic carbocycles. The van der Waals surface area contributed by atoms with Crippen molar-refractivity contribution >= 4 is 35.0 Å². The molecule has 1 aromatic rings. The van der Waals surface area contributed by atoms with E-state index in [-0.39, 0.29) is 24.4 Å². The maximum absolute atomic E-state index is 12.1. The summed E-state index contributed by atoms with van der Waals surface area (Å²) in [7, 11) is 0. The lowest BCUT2D eigenvalue weighted by Crippen LogP contribution is -2.58. The second kappa shape index (κ2) is 6.43. The summed E-state index contributed by atoms with van der Waals surface area (Å²) in [5.74, 6) is -0.268. The van der Waals surface area contributed by atoms with Gasteiger partial charge in [-0.25, -0.2) is 0 Å². The molecule has 2 unspecified atom stereocenters. The van der Waals surface area contributed by atoms with Crippen molar-refractivity contribution in [3.8, 4) is 0 Å². The van der Waals surface area contributed by atoms with Crippen LogP contribution in [0.15, 0.2) is 18.2 Å². The summed E-state index contributed by atoms with van der Waals surface area (Å²) in [6, 6.07) is 4.62. The van der Waals surface area contributed by atoms with E-state index in [2.05, 4.69) is 16.0 Å². The minimum absolute atomic E-state index is 0.105. The summed E-state index contributed by atoms with van der Waals surface area (Å²) in [6.45, 7) is 2.30. The van der Waals surface area contributed by atoms with E-state index in [1.54, 1.807) is 12.1 Å². The van der Waals surface area contributed by atoms with Crippen LogP contribution in [0.2, 0.25) is 10.0 Å². The molecule has 0 aromatic heterocycles. The van der Waals surface area contributed by atoms with E-state index in [9.17, 15) is 9.59 Å². The van der Waals surface area contributed by atoms with Gasteiger partial charge >= 0.3 is 0 Å². The second-order valence-electron chi connectivity index (χ2n) is 4.64. The van der Waals surface area contributed by atoms with Gasteiger partial charge in [0.2, 0.25) is 11.8 Å². The van der Waals surface area contributed by atoms with Crippen LogP contribution in [0, 0.1) is 0 Å². The number of nitrogens with one attached hydrogen (secondary N) is 3. The molecule has 108 valence electrons. The fourth-order valence-corrected chi connectivity index (χ4v) is 2.24. The van der Waals surface area contributed by atoms with Crippen molar-refractivity contribution in [1.29, 1.82) is 0 Å². The molecular weight excluding hydrogens is 301 g/mol. The Morgan fingerprint density at radius 2 is 2.15 bits per heavy atom. The van der Waals surface area contributed by atoms with E-state index in [4.69, 9.17) is 23.2 Å². The van der Waals surface area contributed by atoms with Gasteiger partial charge < -0.3 is 10.6 Å². The van der Waals surface area contributed by atoms with E-state index < -0.39 is 6.04 Å². The molecule has 2 rings (SSSR count). The SMILES string of the molecule is CC(NC(=O)C1CNC(=O)CN1)c1ccc(Cl)c(Cl)c1. The van der Waals surface area contributed by atoms with Gasteiger partial charge in [0, 0.05) is 6.54 Å². The van der Waals surface area contributed by atoms with Gasteiger partial charge in [-0.15, -0.1) is 0 Å².